The van der Waals surface area contributed by atoms with Crippen molar-refractivity contribution in [3.8, 4) is 22.3 Å². The van der Waals surface area contributed by atoms with Crippen LogP contribution in [-0.2, 0) is 0 Å². The van der Waals surface area contributed by atoms with Gasteiger partial charge in [-0.25, -0.2) is 0 Å². The molecule has 0 unspecified atom stereocenters. The highest BCUT2D eigenvalue weighted by atomic mass is 15.1. The van der Waals surface area contributed by atoms with Crippen LogP contribution in [0.25, 0.3) is 54.6 Å². The van der Waals surface area contributed by atoms with Crippen LogP contribution in [0.15, 0.2) is 176 Å². The molecule has 0 aromatic heterocycles. The Morgan fingerprint density at radius 1 is 0.302 bits per heavy atom. The maximum absolute atomic E-state index is 2.45. The highest BCUT2D eigenvalue weighted by Crippen LogP contribution is 2.46. The lowest BCUT2D eigenvalue weighted by atomic mass is 9.94. The Balaban J connectivity index is 1.44. The second-order valence-electron chi connectivity index (χ2n) is 11.0. The third-order valence-corrected chi connectivity index (χ3v) is 8.45. The highest BCUT2D eigenvalue weighted by molar-refractivity contribution is 6.21. The van der Waals surface area contributed by atoms with E-state index in [4.69, 9.17) is 0 Å². The van der Waals surface area contributed by atoms with Crippen molar-refractivity contribution < 1.29 is 0 Å². The van der Waals surface area contributed by atoms with E-state index in [0.29, 0.717) is 0 Å². The first-order chi connectivity index (χ1) is 21.3. The molecule has 1 heteroatoms. The zero-order valence-corrected chi connectivity index (χ0v) is 23.7. The zero-order chi connectivity index (χ0) is 28.6. The number of fused-ring (bicyclic) bond motifs is 5. The molecule has 8 rings (SSSR count). The largest absolute Gasteiger partial charge is 0.309 e. The first-order valence-corrected chi connectivity index (χ1v) is 14.8. The van der Waals surface area contributed by atoms with Crippen molar-refractivity contribution in [1.29, 1.82) is 0 Å². The van der Waals surface area contributed by atoms with E-state index in [1.165, 1.54) is 54.6 Å². The molecule has 202 valence electrons. The van der Waals surface area contributed by atoms with Crippen LogP contribution in [0, 0.1) is 0 Å². The minimum Gasteiger partial charge on any atom is -0.309 e. The summed E-state index contributed by atoms with van der Waals surface area (Å²) in [6.45, 7) is 0. The Bertz CT molecular complexity index is 2220. The summed E-state index contributed by atoms with van der Waals surface area (Å²) in [7, 11) is 0. The summed E-state index contributed by atoms with van der Waals surface area (Å²) in [5.41, 5.74) is 8.23. The molecule has 0 heterocycles. The van der Waals surface area contributed by atoms with E-state index in [0.717, 1.165) is 17.1 Å². The van der Waals surface area contributed by atoms with E-state index in [1.807, 2.05) is 0 Å². The smallest absolute Gasteiger partial charge is 0.0546 e. The van der Waals surface area contributed by atoms with E-state index in [9.17, 15) is 0 Å². The zero-order valence-electron chi connectivity index (χ0n) is 23.7. The van der Waals surface area contributed by atoms with Crippen molar-refractivity contribution >= 4 is 49.4 Å². The van der Waals surface area contributed by atoms with Gasteiger partial charge >= 0.3 is 0 Å². The standard InChI is InChI=1S/C42H29N/c1-3-13-30(14-4-1)31-23-26-34(27-24-31)43(41-22-12-11-19-36(41)32-15-5-2-6-16-32)42-29-40-35-18-8-7-17-33(35)25-28-38(40)37-20-9-10-21-39(37)42/h1-29H. The average Bonchev–Trinajstić information content (AvgIpc) is 3.09. The molecule has 8 aromatic carbocycles. The van der Waals surface area contributed by atoms with E-state index in [2.05, 4.69) is 181 Å². The molecule has 0 atom stereocenters. The van der Waals surface area contributed by atoms with Gasteiger partial charge in [0, 0.05) is 16.6 Å². The van der Waals surface area contributed by atoms with Gasteiger partial charge in [-0.1, -0.05) is 152 Å². The van der Waals surface area contributed by atoms with E-state index >= 15 is 0 Å². The van der Waals surface area contributed by atoms with Crippen LogP contribution in [-0.4, -0.2) is 0 Å². The number of hydrogen-bond acceptors (Lipinski definition) is 1. The van der Waals surface area contributed by atoms with Crippen LogP contribution in [0.2, 0.25) is 0 Å². The maximum Gasteiger partial charge on any atom is 0.0546 e. The number of anilines is 3. The van der Waals surface area contributed by atoms with Crippen molar-refractivity contribution in [2.75, 3.05) is 4.90 Å². The second-order valence-corrected chi connectivity index (χ2v) is 11.0. The van der Waals surface area contributed by atoms with Crippen molar-refractivity contribution in [2.24, 2.45) is 0 Å². The molecule has 0 saturated carbocycles. The molecule has 0 aliphatic carbocycles. The lowest BCUT2D eigenvalue weighted by Crippen LogP contribution is -2.12. The molecule has 0 N–H and O–H groups in total. The first-order valence-electron chi connectivity index (χ1n) is 14.8. The second kappa shape index (κ2) is 10.6. The van der Waals surface area contributed by atoms with Crippen LogP contribution in [0.3, 0.4) is 0 Å². The molecular formula is C42H29N. The van der Waals surface area contributed by atoms with Gasteiger partial charge in [0.25, 0.3) is 0 Å². The van der Waals surface area contributed by atoms with Crippen LogP contribution < -0.4 is 4.90 Å². The van der Waals surface area contributed by atoms with Gasteiger partial charge in [0.15, 0.2) is 0 Å². The maximum atomic E-state index is 2.45. The Kier molecular flexibility index (Phi) is 6.20. The number of nitrogens with zero attached hydrogens (tertiary/aromatic N) is 1. The van der Waals surface area contributed by atoms with E-state index in [1.54, 1.807) is 0 Å². The SMILES string of the molecule is c1ccc(-c2ccc(N(c3ccccc3-c3ccccc3)c3cc4c5ccccc5ccc4c4ccccc34)cc2)cc1. The normalized spacial score (nSPS) is 11.3. The molecule has 8 aromatic rings. The van der Waals surface area contributed by atoms with E-state index < -0.39 is 0 Å². The van der Waals surface area contributed by atoms with Crippen LogP contribution in [0.5, 0.6) is 0 Å². The van der Waals surface area contributed by atoms with Gasteiger partial charge in [-0.2, -0.15) is 0 Å². The average molecular weight is 548 g/mol. The van der Waals surface area contributed by atoms with Crippen molar-refractivity contribution in [3.05, 3.63) is 176 Å². The predicted octanol–water partition coefficient (Wildman–Crippen LogP) is 11.9. The Hall–Kier alpha value is -5.66. The Morgan fingerprint density at radius 3 is 1.63 bits per heavy atom. The van der Waals surface area contributed by atoms with Gasteiger partial charge in [0.2, 0.25) is 0 Å². The molecule has 0 radical (unpaired) electrons. The van der Waals surface area contributed by atoms with Gasteiger partial charge in [0.05, 0.1) is 11.4 Å². The summed E-state index contributed by atoms with van der Waals surface area (Å²) in [6, 6.07) is 63.5. The molecule has 0 fully saturated rings. The van der Waals surface area contributed by atoms with E-state index in [-0.39, 0.29) is 0 Å². The fourth-order valence-corrected chi connectivity index (χ4v) is 6.40. The number of hydrogen-bond donors (Lipinski definition) is 0. The third kappa shape index (κ3) is 4.43. The molecule has 0 saturated heterocycles. The Labute approximate surface area is 251 Å². The van der Waals surface area contributed by atoms with Crippen LogP contribution >= 0.6 is 0 Å². The molecule has 0 aliphatic heterocycles. The lowest BCUT2D eigenvalue weighted by molar-refractivity contribution is 1.30. The fraction of sp³-hybridized carbons (Fsp3) is 0. The third-order valence-electron chi connectivity index (χ3n) is 8.45. The molecule has 0 bridgehead atoms. The quantitative estimate of drug-likeness (QED) is 0.194. The fourth-order valence-electron chi connectivity index (χ4n) is 6.40. The van der Waals surface area contributed by atoms with Gasteiger partial charge < -0.3 is 4.90 Å². The minimum absolute atomic E-state index is 1.12. The topological polar surface area (TPSA) is 3.24 Å². The summed E-state index contributed by atoms with van der Waals surface area (Å²) in [5.74, 6) is 0. The molecule has 43 heavy (non-hydrogen) atoms. The van der Waals surface area contributed by atoms with Gasteiger partial charge in [0.1, 0.15) is 0 Å². The molecule has 1 nitrogen and oxygen atoms in total. The lowest BCUT2D eigenvalue weighted by Gasteiger charge is -2.30. The van der Waals surface area contributed by atoms with Crippen molar-refractivity contribution in [3.63, 3.8) is 0 Å². The molecule has 0 aliphatic rings. The van der Waals surface area contributed by atoms with Crippen LogP contribution in [0.1, 0.15) is 0 Å². The first kappa shape index (κ1) is 25.1. The summed E-state index contributed by atoms with van der Waals surface area (Å²) < 4.78 is 0. The van der Waals surface area contributed by atoms with Crippen molar-refractivity contribution in [1.82, 2.24) is 0 Å². The monoisotopic (exact) mass is 547 g/mol. The molecular weight excluding hydrogens is 518 g/mol. The minimum atomic E-state index is 1.12. The highest BCUT2D eigenvalue weighted by Gasteiger charge is 2.21. The molecule has 0 spiro atoms. The number of rotatable bonds is 5. The van der Waals surface area contributed by atoms with Gasteiger partial charge in [-0.15, -0.1) is 0 Å². The predicted molar refractivity (Wildman–Crippen MR) is 185 cm³/mol. The molecule has 0 amide bonds. The van der Waals surface area contributed by atoms with Crippen LogP contribution in [0.4, 0.5) is 17.1 Å². The number of benzene rings is 8. The van der Waals surface area contributed by atoms with Gasteiger partial charge in [-0.05, 0) is 67.9 Å². The Morgan fingerprint density at radius 2 is 0.860 bits per heavy atom. The summed E-state index contributed by atoms with van der Waals surface area (Å²) in [5, 5.41) is 7.52. The van der Waals surface area contributed by atoms with Crippen molar-refractivity contribution in [2.45, 2.75) is 0 Å². The van der Waals surface area contributed by atoms with Gasteiger partial charge in [-0.3, -0.25) is 0 Å². The summed E-state index contributed by atoms with van der Waals surface area (Å²) in [6.07, 6.45) is 0. The summed E-state index contributed by atoms with van der Waals surface area (Å²) in [4.78, 5) is 2.45. The number of para-hydroxylation sites is 1. The summed E-state index contributed by atoms with van der Waals surface area (Å²) >= 11 is 0.